The average Bonchev–Trinajstić information content (AvgIpc) is 2.80. The number of benzene rings is 2. The molecule has 1 fully saturated rings. The molecule has 3 aromatic rings. The van der Waals surface area contributed by atoms with Crippen molar-refractivity contribution in [1.82, 2.24) is 14.4 Å². The Morgan fingerprint density at radius 3 is 2.22 bits per heavy atom. The first-order chi connectivity index (χ1) is 15.5. The van der Waals surface area contributed by atoms with Crippen molar-refractivity contribution in [2.75, 3.05) is 33.2 Å². The summed E-state index contributed by atoms with van der Waals surface area (Å²) in [5.74, 6) is 0.241. The van der Waals surface area contributed by atoms with Crippen LogP contribution in [0.25, 0.3) is 0 Å². The van der Waals surface area contributed by atoms with Crippen LogP contribution in [-0.2, 0) is 26.1 Å². The zero-order chi connectivity index (χ0) is 22.3. The SMILES string of the molecule is CN1CCN(Cc2ccc(CCn3ccc(OCc4ccc(F)cc4)cc3=O)cc2)CC1. The van der Waals surface area contributed by atoms with Crippen LogP contribution in [0.15, 0.2) is 71.7 Å². The largest absolute Gasteiger partial charge is 0.489 e. The highest BCUT2D eigenvalue weighted by Gasteiger charge is 2.13. The van der Waals surface area contributed by atoms with Crippen molar-refractivity contribution in [1.29, 1.82) is 0 Å². The molecule has 0 radical (unpaired) electrons. The fraction of sp³-hybridized carbons (Fsp3) is 0.346. The summed E-state index contributed by atoms with van der Waals surface area (Å²) in [6.45, 7) is 6.40. The summed E-state index contributed by atoms with van der Waals surface area (Å²) in [7, 11) is 2.17. The van der Waals surface area contributed by atoms with Gasteiger partial charge in [-0.1, -0.05) is 36.4 Å². The minimum atomic E-state index is -0.277. The van der Waals surface area contributed by atoms with Crippen LogP contribution in [0.5, 0.6) is 5.75 Å². The minimum Gasteiger partial charge on any atom is -0.489 e. The van der Waals surface area contributed by atoms with E-state index in [-0.39, 0.29) is 11.4 Å². The third kappa shape index (κ3) is 6.28. The predicted octanol–water partition coefficient (Wildman–Crippen LogP) is 3.56. The van der Waals surface area contributed by atoms with Gasteiger partial charge in [0.05, 0.1) is 0 Å². The Morgan fingerprint density at radius 2 is 1.53 bits per heavy atom. The number of rotatable bonds is 8. The second-order valence-corrected chi connectivity index (χ2v) is 8.46. The van der Waals surface area contributed by atoms with Crippen molar-refractivity contribution in [3.8, 4) is 5.75 Å². The van der Waals surface area contributed by atoms with E-state index < -0.39 is 0 Å². The highest BCUT2D eigenvalue weighted by atomic mass is 19.1. The first-order valence-corrected chi connectivity index (χ1v) is 11.1. The molecule has 1 aromatic heterocycles. The highest BCUT2D eigenvalue weighted by Crippen LogP contribution is 2.13. The quantitative estimate of drug-likeness (QED) is 0.542. The second-order valence-electron chi connectivity index (χ2n) is 8.46. The number of halogens is 1. The molecular formula is C26H30FN3O2. The third-order valence-corrected chi connectivity index (χ3v) is 5.95. The molecule has 0 N–H and O–H groups in total. The van der Waals surface area contributed by atoms with Crippen LogP contribution in [-0.4, -0.2) is 47.6 Å². The van der Waals surface area contributed by atoms with E-state index in [0.29, 0.717) is 18.9 Å². The number of aryl methyl sites for hydroxylation is 2. The Kier molecular flexibility index (Phi) is 7.35. The number of hydrogen-bond donors (Lipinski definition) is 0. The van der Waals surface area contributed by atoms with Crippen molar-refractivity contribution in [3.63, 3.8) is 0 Å². The maximum absolute atomic E-state index is 13.0. The van der Waals surface area contributed by atoms with Crippen LogP contribution in [0.2, 0.25) is 0 Å². The lowest BCUT2D eigenvalue weighted by Gasteiger charge is -2.32. The van der Waals surface area contributed by atoms with Gasteiger partial charge in [-0.2, -0.15) is 0 Å². The van der Waals surface area contributed by atoms with Gasteiger partial charge >= 0.3 is 0 Å². The van der Waals surface area contributed by atoms with Gasteiger partial charge in [0.25, 0.3) is 5.56 Å². The van der Waals surface area contributed by atoms with Crippen LogP contribution in [0.3, 0.4) is 0 Å². The fourth-order valence-electron chi connectivity index (χ4n) is 3.84. The summed E-state index contributed by atoms with van der Waals surface area (Å²) in [5.41, 5.74) is 3.31. The van der Waals surface area contributed by atoms with Gasteiger partial charge in [0, 0.05) is 51.5 Å². The van der Waals surface area contributed by atoms with E-state index in [1.165, 1.54) is 29.3 Å². The Bertz CT molecular complexity index is 1060. The van der Waals surface area contributed by atoms with Gasteiger partial charge in [-0.05, 0) is 48.4 Å². The monoisotopic (exact) mass is 435 g/mol. The van der Waals surface area contributed by atoms with Crippen molar-refractivity contribution >= 4 is 0 Å². The van der Waals surface area contributed by atoms with E-state index >= 15 is 0 Å². The molecule has 0 amide bonds. The lowest BCUT2D eigenvalue weighted by atomic mass is 10.1. The molecule has 1 aliphatic heterocycles. The van der Waals surface area contributed by atoms with Gasteiger partial charge in [-0.3, -0.25) is 9.69 Å². The van der Waals surface area contributed by atoms with Crippen molar-refractivity contribution in [2.24, 2.45) is 0 Å². The molecule has 0 bridgehead atoms. The second kappa shape index (κ2) is 10.6. The topological polar surface area (TPSA) is 37.7 Å². The smallest absolute Gasteiger partial charge is 0.254 e. The standard InChI is InChI=1S/C26H30FN3O2/c1-28-14-16-29(17-15-28)19-22-4-2-21(3-5-22)10-12-30-13-11-25(18-26(30)31)32-20-23-6-8-24(27)9-7-23/h2-9,11,13,18H,10,12,14-17,19-20H2,1H3. The summed E-state index contributed by atoms with van der Waals surface area (Å²) < 4.78 is 20.3. The third-order valence-electron chi connectivity index (χ3n) is 5.95. The van der Waals surface area contributed by atoms with E-state index in [4.69, 9.17) is 4.74 Å². The molecule has 0 aliphatic carbocycles. The van der Waals surface area contributed by atoms with E-state index in [1.54, 1.807) is 29.0 Å². The molecule has 0 atom stereocenters. The lowest BCUT2D eigenvalue weighted by molar-refractivity contribution is 0.148. The molecule has 2 heterocycles. The van der Waals surface area contributed by atoms with E-state index in [0.717, 1.165) is 44.7 Å². The number of pyridine rings is 1. The van der Waals surface area contributed by atoms with Crippen molar-refractivity contribution < 1.29 is 9.13 Å². The molecule has 0 spiro atoms. The van der Waals surface area contributed by atoms with Crippen molar-refractivity contribution in [2.45, 2.75) is 26.1 Å². The lowest BCUT2D eigenvalue weighted by Crippen LogP contribution is -2.43. The molecule has 5 nitrogen and oxygen atoms in total. The molecule has 2 aromatic carbocycles. The summed E-state index contributed by atoms with van der Waals surface area (Å²) in [6.07, 6.45) is 2.56. The maximum Gasteiger partial charge on any atom is 0.254 e. The summed E-state index contributed by atoms with van der Waals surface area (Å²) >= 11 is 0. The summed E-state index contributed by atoms with van der Waals surface area (Å²) in [4.78, 5) is 17.3. The summed E-state index contributed by atoms with van der Waals surface area (Å²) in [6, 6.07) is 18.2. The van der Waals surface area contributed by atoms with Gasteiger partial charge in [-0.15, -0.1) is 0 Å². The Hall–Kier alpha value is -2.96. The molecule has 168 valence electrons. The number of piperazine rings is 1. The Balaban J connectivity index is 1.27. The van der Waals surface area contributed by atoms with Gasteiger partial charge in [0.2, 0.25) is 0 Å². The number of aromatic nitrogens is 1. The highest BCUT2D eigenvalue weighted by molar-refractivity contribution is 5.23. The van der Waals surface area contributed by atoms with Gasteiger partial charge in [-0.25, -0.2) is 4.39 Å². The molecule has 1 saturated heterocycles. The molecule has 6 heteroatoms. The van der Waals surface area contributed by atoms with Crippen LogP contribution in [0.1, 0.15) is 16.7 Å². The molecular weight excluding hydrogens is 405 g/mol. The Labute approximate surface area is 188 Å². The molecule has 0 saturated carbocycles. The summed E-state index contributed by atoms with van der Waals surface area (Å²) in [5, 5.41) is 0. The molecule has 32 heavy (non-hydrogen) atoms. The zero-order valence-electron chi connectivity index (χ0n) is 18.5. The molecule has 4 rings (SSSR count). The predicted molar refractivity (Wildman–Crippen MR) is 124 cm³/mol. The number of likely N-dealkylation sites (N-methyl/N-ethyl adjacent to an activating group) is 1. The van der Waals surface area contributed by atoms with Crippen LogP contribution >= 0.6 is 0 Å². The average molecular weight is 436 g/mol. The first kappa shape index (κ1) is 22.2. The van der Waals surface area contributed by atoms with Crippen LogP contribution < -0.4 is 10.3 Å². The maximum atomic E-state index is 13.0. The van der Waals surface area contributed by atoms with E-state index in [1.807, 2.05) is 0 Å². The van der Waals surface area contributed by atoms with Crippen molar-refractivity contribution in [3.05, 3.63) is 99.7 Å². The Morgan fingerprint density at radius 1 is 0.875 bits per heavy atom. The van der Waals surface area contributed by atoms with Gasteiger partial charge in [0.15, 0.2) is 0 Å². The van der Waals surface area contributed by atoms with Crippen LogP contribution in [0, 0.1) is 5.82 Å². The van der Waals surface area contributed by atoms with Crippen LogP contribution in [0.4, 0.5) is 4.39 Å². The fourth-order valence-corrected chi connectivity index (χ4v) is 3.84. The van der Waals surface area contributed by atoms with E-state index in [2.05, 4.69) is 41.1 Å². The van der Waals surface area contributed by atoms with Gasteiger partial charge < -0.3 is 14.2 Å². The first-order valence-electron chi connectivity index (χ1n) is 11.1. The number of ether oxygens (including phenoxy) is 1. The number of nitrogens with zero attached hydrogens (tertiary/aromatic N) is 3. The zero-order valence-corrected chi connectivity index (χ0v) is 18.5. The molecule has 0 unspecified atom stereocenters. The normalized spacial score (nSPS) is 15.1. The minimum absolute atomic E-state index is 0.0895. The molecule has 1 aliphatic rings. The van der Waals surface area contributed by atoms with Gasteiger partial charge in [0.1, 0.15) is 18.2 Å². The van der Waals surface area contributed by atoms with E-state index in [9.17, 15) is 9.18 Å². The number of hydrogen-bond acceptors (Lipinski definition) is 4.